The van der Waals surface area contributed by atoms with Crippen LogP contribution >= 0.6 is 11.3 Å². The maximum atomic E-state index is 11.9. The first-order valence-electron chi connectivity index (χ1n) is 8.07. The summed E-state index contributed by atoms with van der Waals surface area (Å²) in [5, 5.41) is 4.24. The Morgan fingerprint density at radius 3 is 2.32 bits per heavy atom. The van der Waals surface area contributed by atoms with Gasteiger partial charge in [-0.1, -0.05) is 45.0 Å². The van der Waals surface area contributed by atoms with Gasteiger partial charge in [0.15, 0.2) is 15.0 Å². The van der Waals surface area contributed by atoms with Gasteiger partial charge in [-0.05, 0) is 24.8 Å². The molecule has 2 aromatic rings. The Bertz CT molecular complexity index is 845. The van der Waals surface area contributed by atoms with E-state index in [9.17, 15) is 13.2 Å². The monoisotopic (exact) mass is 380 g/mol. The molecule has 7 heteroatoms. The van der Waals surface area contributed by atoms with E-state index < -0.39 is 26.7 Å². The second-order valence-electron chi connectivity index (χ2n) is 7.27. The number of rotatable bonds is 5. The Morgan fingerprint density at radius 1 is 1.20 bits per heavy atom. The van der Waals surface area contributed by atoms with Gasteiger partial charge in [-0.3, -0.25) is 4.79 Å². The van der Waals surface area contributed by atoms with Gasteiger partial charge < -0.3 is 5.32 Å². The molecule has 0 saturated carbocycles. The highest BCUT2D eigenvalue weighted by atomic mass is 32.2. The topological polar surface area (TPSA) is 76.1 Å². The molecule has 1 heterocycles. The van der Waals surface area contributed by atoms with Crippen LogP contribution in [0.3, 0.4) is 0 Å². The first kappa shape index (κ1) is 19.6. The van der Waals surface area contributed by atoms with Gasteiger partial charge in [0, 0.05) is 10.9 Å². The van der Waals surface area contributed by atoms with Gasteiger partial charge in [0.2, 0.25) is 5.91 Å². The number of hydrogen-bond acceptors (Lipinski definition) is 5. The fraction of sp³-hybridized carbons (Fsp3) is 0.444. The molecule has 2 rings (SSSR count). The summed E-state index contributed by atoms with van der Waals surface area (Å²) in [5.41, 5.74) is 3.03. The zero-order chi connectivity index (χ0) is 18.8. The Kier molecular flexibility index (Phi) is 5.68. The van der Waals surface area contributed by atoms with Crippen molar-refractivity contribution in [3.05, 3.63) is 35.2 Å². The number of nitrogens with one attached hydrogen (secondary N) is 1. The zero-order valence-electron chi connectivity index (χ0n) is 15.2. The highest BCUT2D eigenvalue weighted by Crippen LogP contribution is 2.28. The molecule has 5 nitrogen and oxygen atoms in total. The average molecular weight is 381 g/mol. The summed E-state index contributed by atoms with van der Waals surface area (Å²) in [6.07, 6.45) is 0. The lowest BCUT2D eigenvalue weighted by molar-refractivity contribution is -0.113. The van der Waals surface area contributed by atoms with Gasteiger partial charge >= 0.3 is 0 Å². The van der Waals surface area contributed by atoms with Crippen LogP contribution in [0.5, 0.6) is 0 Å². The third kappa shape index (κ3) is 5.12. The highest BCUT2D eigenvalue weighted by Gasteiger charge is 2.21. The van der Waals surface area contributed by atoms with Gasteiger partial charge in [0.25, 0.3) is 0 Å². The molecule has 0 atom stereocenters. The van der Waals surface area contributed by atoms with Crippen molar-refractivity contribution in [1.29, 1.82) is 0 Å². The molecule has 1 amide bonds. The van der Waals surface area contributed by atoms with E-state index >= 15 is 0 Å². The summed E-state index contributed by atoms with van der Waals surface area (Å²) in [5.74, 6) is -1.09. The number of nitrogens with zero attached hydrogens (tertiary/aromatic N) is 1. The predicted molar refractivity (Wildman–Crippen MR) is 104 cm³/mol. The van der Waals surface area contributed by atoms with E-state index in [0.717, 1.165) is 11.3 Å². The van der Waals surface area contributed by atoms with Crippen molar-refractivity contribution in [2.45, 2.75) is 45.3 Å². The number of thiazole rings is 1. The molecule has 25 heavy (non-hydrogen) atoms. The molecule has 0 saturated heterocycles. The lowest BCUT2D eigenvalue weighted by Gasteiger charge is -2.18. The summed E-state index contributed by atoms with van der Waals surface area (Å²) in [4.78, 5) is 16.3. The molecular weight excluding hydrogens is 356 g/mol. The number of amides is 1. The van der Waals surface area contributed by atoms with E-state index in [1.54, 1.807) is 13.8 Å². The van der Waals surface area contributed by atoms with Gasteiger partial charge in [-0.25, -0.2) is 13.4 Å². The molecule has 1 N–H and O–H groups in total. The molecule has 1 aromatic heterocycles. The average Bonchev–Trinajstić information content (AvgIpc) is 2.94. The number of carbonyl (C=O) groups is 1. The van der Waals surface area contributed by atoms with Crippen molar-refractivity contribution in [2.24, 2.45) is 0 Å². The van der Waals surface area contributed by atoms with Crippen LogP contribution in [-0.2, 0) is 20.0 Å². The molecule has 0 spiro atoms. The summed E-state index contributed by atoms with van der Waals surface area (Å²) in [6.45, 7) is 9.59. The van der Waals surface area contributed by atoms with Crippen LogP contribution in [0.15, 0.2) is 29.6 Å². The standard InChI is InChI=1S/C18H24N2O3S2/c1-12(2)25(22,23)11-16(21)20-17-19-15(10-24-17)13-6-8-14(9-7-13)18(3,4)5/h6-10,12H,11H2,1-5H3,(H,19,20,21). The minimum atomic E-state index is -3.42. The van der Waals surface area contributed by atoms with Crippen LogP contribution in [0.2, 0.25) is 0 Å². The van der Waals surface area contributed by atoms with Crippen LogP contribution in [0, 0.1) is 0 Å². The Hall–Kier alpha value is -1.73. The van der Waals surface area contributed by atoms with E-state index in [1.807, 2.05) is 17.5 Å². The highest BCUT2D eigenvalue weighted by molar-refractivity contribution is 7.92. The summed E-state index contributed by atoms with van der Waals surface area (Å²) in [6, 6.07) is 8.15. The zero-order valence-corrected chi connectivity index (χ0v) is 16.8. The molecule has 0 unspecified atom stereocenters. The second kappa shape index (κ2) is 7.25. The number of benzene rings is 1. The fourth-order valence-electron chi connectivity index (χ4n) is 2.11. The Morgan fingerprint density at radius 2 is 1.80 bits per heavy atom. The number of carbonyl (C=O) groups excluding carboxylic acids is 1. The van der Waals surface area contributed by atoms with Crippen molar-refractivity contribution in [2.75, 3.05) is 11.1 Å². The lowest BCUT2D eigenvalue weighted by Crippen LogP contribution is -2.27. The van der Waals surface area contributed by atoms with Gasteiger partial charge in [0.1, 0.15) is 5.75 Å². The quantitative estimate of drug-likeness (QED) is 0.854. The second-order valence-corrected chi connectivity index (χ2v) is 10.7. The first-order valence-corrected chi connectivity index (χ1v) is 10.7. The molecule has 0 aliphatic carbocycles. The predicted octanol–water partition coefficient (Wildman–Crippen LogP) is 3.87. The number of hydrogen-bond donors (Lipinski definition) is 1. The van der Waals surface area contributed by atoms with Crippen molar-refractivity contribution in [3.8, 4) is 11.3 Å². The maximum absolute atomic E-state index is 11.9. The third-order valence-corrected chi connectivity index (χ3v) is 6.71. The Balaban J connectivity index is 2.09. The third-order valence-electron chi connectivity index (χ3n) is 3.85. The first-order chi connectivity index (χ1) is 11.5. The van der Waals surface area contributed by atoms with Crippen LogP contribution < -0.4 is 5.32 Å². The van der Waals surface area contributed by atoms with E-state index in [2.05, 4.69) is 43.2 Å². The van der Waals surface area contributed by atoms with E-state index in [4.69, 9.17) is 0 Å². The van der Waals surface area contributed by atoms with Crippen molar-refractivity contribution in [3.63, 3.8) is 0 Å². The molecule has 0 bridgehead atoms. The SMILES string of the molecule is CC(C)S(=O)(=O)CC(=O)Nc1nc(-c2ccc(C(C)(C)C)cc2)cs1. The summed E-state index contributed by atoms with van der Waals surface area (Å²) < 4.78 is 23.6. The number of anilines is 1. The number of aromatic nitrogens is 1. The van der Waals surface area contributed by atoms with Gasteiger partial charge in [-0.15, -0.1) is 11.3 Å². The minimum absolute atomic E-state index is 0.0850. The largest absolute Gasteiger partial charge is 0.301 e. The molecule has 0 radical (unpaired) electrons. The summed E-state index contributed by atoms with van der Waals surface area (Å²) >= 11 is 1.28. The number of sulfone groups is 1. The van der Waals surface area contributed by atoms with Crippen molar-refractivity contribution < 1.29 is 13.2 Å². The van der Waals surface area contributed by atoms with Crippen molar-refractivity contribution in [1.82, 2.24) is 4.98 Å². The van der Waals surface area contributed by atoms with E-state index in [1.165, 1.54) is 16.9 Å². The van der Waals surface area contributed by atoms with Crippen LogP contribution in [0.1, 0.15) is 40.2 Å². The lowest BCUT2D eigenvalue weighted by atomic mass is 9.86. The van der Waals surface area contributed by atoms with Gasteiger partial charge in [0.05, 0.1) is 10.9 Å². The molecule has 0 aliphatic rings. The smallest absolute Gasteiger partial charge is 0.241 e. The minimum Gasteiger partial charge on any atom is -0.301 e. The molecule has 0 fully saturated rings. The van der Waals surface area contributed by atoms with Crippen LogP contribution in [-0.4, -0.2) is 30.3 Å². The van der Waals surface area contributed by atoms with Crippen molar-refractivity contribution >= 4 is 32.2 Å². The normalized spacial score (nSPS) is 12.4. The van der Waals surface area contributed by atoms with E-state index in [-0.39, 0.29) is 5.41 Å². The molecular formula is C18H24N2O3S2. The molecule has 136 valence electrons. The van der Waals surface area contributed by atoms with Gasteiger partial charge in [-0.2, -0.15) is 0 Å². The summed E-state index contributed by atoms with van der Waals surface area (Å²) in [7, 11) is -3.42. The Labute approximate surface area is 153 Å². The van der Waals surface area contributed by atoms with Crippen LogP contribution in [0.4, 0.5) is 5.13 Å². The maximum Gasteiger partial charge on any atom is 0.241 e. The van der Waals surface area contributed by atoms with E-state index in [0.29, 0.717) is 5.13 Å². The molecule has 0 aliphatic heterocycles. The fourth-order valence-corrected chi connectivity index (χ4v) is 3.62. The molecule has 1 aromatic carbocycles. The van der Waals surface area contributed by atoms with Crippen LogP contribution in [0.25, 0.3) is 11.3 Å².